The summed E-state index contributed by atoms with van der Waals surface area (Å²) in [7, 11) is 0. The topological polar surface area (TPSA) is 154 Å². The monoisotopic (exact) mass is 616 g/mol. The van der Waals surface area contributed by atoms with Crippen molar-refractivity contribution in [2.75, 3.05) is 24.1 Å². The van der Waals surface area contributed by atoms with Crippen molar-refractivity contribution in [1.82, 2.24) is 25.1 Å². The number of likely N-dealkylation sites (tertiary alicyclic amines) is 1. The summed E-state index contributed by atoms with van der Waals surface area (Å²) < 4.78 is 38.5. The van der Waals surface area contributed by atoms with Crippen LogP contribution in [-0.4, -0.2) is 50.0 Å². The molecule has 0 aliphatic carbocycles. The molecule has 0 spiro atoms. The van der Waals surface area contributed by atoms with Crippen LogP contribution in [0.4, 0.5) is 24.7 Å². The largest absolute Gasteiger partial charge is 0.416 e. The number of carbonyl (C=O) groups is 2. The number of nitriles is 1. The van der Waals surface area contributed by atoms with Gasteiger partial charge in [0, 0.05) is 35.8 Å². The average Bonchev–Trinajstić information content (AvgIpc) is 3.44. The number of fused-ring (bicyclic) bond motifs is 1. The van der Waals surface area contributed by atoms with Crippen molar-refractivity contribution in [2.24, 2.45) is 5.41 Å². The molecule has 5 rings (SSSR count). The lowest BCUT2D eigenvalue weighted by molar-refractivity contribution is -0.137. The number of halogens is 3. The first-order valence-corrected chi connectivity index (χ1v) is 14.3. The van der Waals surface area contributed by atoms with Gasteiger partial charge in [-0.05, 0) is 54.7 Å². The lowest BCUT2D eigenvalue weighted by Crippen LogP contribution is -2.40. The number of anilines is 2. The number of amides is 2. The molecule has 2 amide bonds. The number of hydrogen-bond donors (Lipinski definition) is 3. The van der Waals surface area contributed by atoms with E-state index in [0.29, 0.717) is 46.9 Å². The number of benzene rings is 2. The molecule has 1 fully saturated rings. The summed E-state index contributed by atoms with van der Waals surface area (Å²) in [6.45, 7) is 6.67. The van der Waals surface area contributed by atoms with E-state index in [0.717, 1.165) is 37.1 Å². The van der Waals surface area contributed by atoms with Crippen molar-refractivity contribution in [1.29, 1.82) is 5.26 Å². The summed E-state index contributed by atoms with van der Waals surface area (Å²) in [6.07, 6.45) is -1.33. The molecular formula is C32H31F3N8O2. The Morgan fingerprint density at radius 3 is 2.40 bits per heavy atom. The molecule has 232 valence electrons. The first kappa shape index (κ1) is 31.2. The molecule has 1 aliphatic rings. The number of carbonyl (C=O) groups excluding carboxylic acids is 2. The van der Waals surface area contributed by atoms with Gasteiger partial charge in [-0.3, -0.25) is 14.7 Å². The summed E-state index contributed by atoms with van der Waals surface area (Å²) in [5, 5.41) is 20.1. The maximum Gasteiger partial charge on any atom is 0.416 e. The van der Waals surface area contributed by atoms with E-state index in [2.05, 4.69) is 25.5 Å². The first-order valence-electron chi connectivity index (χ1n) is 14.3. The van der Waals surface area contributed by atoms with Gasteiger partial charge in [0.2, 0.25) is 0 Å². The molecular weight excluding hydrogens is 585 g/mol. The number of aromatic nitrogens is 4. The smallest absolute Gasteiger partial charge is 0.383 e. The number of H-pyrrole nitrogens is 1. The van der Waals surface area contributed by atoms with Gasteiger partial charge in [-0.1, -0.05) is 39.0 Å². The third-order valence-corrected chi connectivity index (χ3v) is 7.37. The van der Waals surface area contributed by atoms with Crippen LogP contribution in [0, 0.1) is 16.7 Å². The molecule has 10 nitrogen and oxygen atoms in total. The fourth-order valence-corrected chi connectivity index (χ4v) is 5.21. The van der Waals surface area contributed by atoms with E-state index in [1.165, 1.54) is 0 Å². The van der Waals surface area contributed by atoms with E-state index in [4.69, 9.17) is 5.73 Å². The molecule has 4 N–H and O–H groups in total. The highest BCUT2D eigenvalue weighted by Crippen LogP contribution is 2.33. The zero-order chi connectivity index (χ0) is 32.5. The number of alkyl halides is 3. The van der Waals surface area contributed by atoms with Crippen LogP contribution in [0.5, 0.6) is 0 Å². The van der Waals surface area contributed by atoms with E-state index < -0.39 is 17.6 Å². The van der Waals surface area contributed by atoms with Gasteiger partial charge in [0.05, 0.1) is 16.6 Å². The number of nitrogens with one attached hydrogen (secondary N) is 2. The van der Waals surface area contributed by atoms with Crippen LogP contribution in [0.25, 0.3) is 22.3 Å². The van der Waals surface area contributed by atoms with Gasteiger partial charge in [0.25, 0.3) is 11.8 Å². The quantitative estimate of drug-likeness (QED) is 0.182. The zero-order valence-electron chi connectivity index (χ0n) is 24.9. The van der Waals surface area contributed by atoms with Crippen molar-refractivity contribution in [3.8, 4) is 17.3 Å². The van der Waals surface area contributed by atoms with E-state index in [9.17, 15) is 28.0 Å². The van der Waals surface area contributed by atoms with E-state index in [1.807, 2.05) is 26.8 Å². The minimum atomic E-state index is -4.48. The Bertz CT molecular complexity index is 1820. The van der Waals surface area contributed by atoms with Crippen LogP contribution in [0.3, 0.4) is 0 Å². The summed E-state index contributed by atoms with van der Waals surface area (Å²) in [6, 6.07) is 12.7. The maximum atomic E-state index is 13.1. The molecule has 0 radical (unpaired) electrons. The standard InChI is InChI=1S/C32H31F3N8O2/c1-31(2,3)15-21(16-36)30(45)43-14-4-5-20(17-43)27-39-26(37)24-25(41-42-28(24)40-27)18-8-12-23(13-9-18)38-29(44)19-6-10-22(11-7-19)32(33,34)35/h6-13,15,20H,4-5,14,17H2,1-3H3,(H,38,44)(H3,37,39,40,41,42). The number of nitrogens with zero attached hydrogens (tertiary/aromatic N) is 5. The lowest BCUT2D eigenvalue weighted by atomic mass is 9.92. The van der Waals surface area contributed by atoms with Crippen molar-refractivity contribution in [3.05, 3.63) is 77.1 Å². The number of allylic oxidation sites excluding steroid dienone is 1. The third-order valence-electron chi connectivity index (χ3n) is 7.37. The molecule has 1 atom stereocenters. The van der Waals surface area contributed by atoms with Crippen LogP contribution < -0.4 is 11.1 Å². The van der Waals surface area contributed by atoms with E-state index in [1.54, 1.807) is 35.2 Å². The number of nitrogens with two attached hydrogens (primary N) is 1. The second-order valence-electron chi connectivity index (χ2n) is 12.0. The molecule has 0 bridgehead atoms. The predicted molar refractivity (Wildman–Crippen MR) is 163 cm³/mol. The minimum Gasteiger partial charge on any atom is -0.383 e. The minimum absolute atomic E-state index is 0.0877. The SMILES string of the molecule is CC(C)(C)C=C(C#N)C(=O)N1CCCC(c2nc(N)c3c(-c4ccc(NC(=O)c5ccc(C(F)(F)F)cc5)cc4)[nH]nc3n2)C1. The van der Waals surface area contributed by atoms with Crippen molar-refractivity contribution < 1.29 is 22.8 Å². The van der Waals surface area contributed by atoms with Crippen LogP contribution in [0.2, 0.25) is 0 Å². The zero-order valence-corrected chi connectivity index (χ0v) is 24.9. The Morgan fingerprint density at radius 1 is 1.09 bits per heavy atom. The number of aromatic amines is 1. The third kappa shape index (κ3) is 6.95. The number of piperidine rings is 1. The molecule has 1 unspecified atom stereocenters. The van der Waals surface area contributed by atoms with Gasteiger partial charge >= 0.3 is 6.18 Å². The molecule has 2 aromatic heterocycles. The highest BCUT2D eigenvalue weighted by Gasteiger charge is 2.31. The molecule has 0 saturated carbocycles. The molecule has 1 saturated heterocycles. The Labute approximate surface area is 257 Å². The van der Waals surface area contributed by atoms with Crippen molar-refractivity contribution in [3.63, 3.8) is 0 Å². The Morgan fingerprint density at radius 2 is 1.78 bits per heavy atom. The second-order valence-corrected chi connectivity index (χ2v) is 12.0. The number of hydrogen-bond acceptors (Lipinski definition) is 7. The van der Waals surface area contributed by atoms with Crippen molar-refractivity contribution >= 4 is 34.4 Å². The number of nitrogen functional groups attached to an aromatic ring is 1. The van der Waals surface area contributed by atoms with E-state index in [-0.39, 0.29) is 34.2 Å². The lowest BCUT2D eigenvalue weighted by Gasteiger charge is -2.32. The fourth-order valence-electron chi connectivity index (χ4n) is 5.21. The van der Waals surface area contributed by atoms with Gasteiger partial charge in [-0.25, -0.2) is 9.97 Å². The Balaban J connectivity index is 1.31. The van der Waals surface area contributed by atoms with Crippen LogP contribution in [-0.2, 0) is 11.0 Å². The van der Waals surface area contributed by atoms with Crippen molar-refractivity contribution in [2.45, 2.75) is 45.7 Å². The number of rotatable bonds is 5. The Hall–Kier alpha value is -5.25. The summed E-state index contributed by atoms with van der Waals surface area (Å²) in [4.78, 5) is 36.6. The van der Waals surface area contributed by atoms with Gasteiger partial charge in [0.15, 0.2) is 5.65 Å². The summed E-state index contributed by atoms with van der Waals surface area (Å²) in [5.74, 6) is -0.364. The first-order chi connectivity index (χ1) is 21.2. The molecule has 4 aromatic rings. The normalized spacial score (nSPS) is 16.0. The van der Waals surface area contributed by atoms with Crippen LogP contribution >= 0.6 is 0 Å². The molecule has 2 aromatic carbocycles. The van der Waals surface area contributed by atoms with E-state index >= 15 is 0 Å². The predicted octanol–water partition coefficient (Wildman–Crippen LogP) is 6.08. The average molecular weight is 617 g/mol. The maximum absolute atomic E-state index is 13.1. The highest BCUT2D eigenvalue weighted by molar-refractivity contribution is 6.04. The summed E-state index contributed by atoms with van der Waals surface area (Å²) >= 11 is 0. The van der Waals surface area contributed by atoms with Gasteiger partial charge in [0.1, 0.15) is 23.3 Å². The Kier molecular flexibility index (Phi) is 8.34. The van der Waals surface area contributed by atoms with Gasteiger partial charge in [-0.15, -0.1) is 0 Å². The molecule has 1 aliphatic heterocycles. The molecule has 3 heterocycles. The van der Waals surface area contributed by atoms with Gasteiger partial charge < -0.3 is 16.0 Å². The van der Waals surface area contributed by atoms with Crippen LogP contribution in [0.15, 0.2) is 60.2 Å². The molecule has 13 heteroatoms. The van der Waals surface area contributed by atoms with Crippen LogP contribution in [0.1, 0.15) is 61.3 Å². The highest BCUT2D eigenvalue weighted by atomic mass is 19.4. The summed E-state index contributed by atoms with van der Waals surface area (Å²) in [5.41, 5.74) is 7.51. The second kappa shape index (κ2) is 12.0. The van der Waals surface area contributed by atoms with Gasteiger partial charge in [-0.2, -0.15) is 23.5 Å². The fraction of sp³-hybridized carbons (Fsp3) is 0.312. The molecule has 45 heavy (non-hydrogen) atoms.